The number of carbonyl (C=O) groups is 1. The fraction of sp³-hybridized carbons (Fsp3) is 0.759. The summed E-state index contributed by atoms with van der Waals surface area (Å²) >= 11 is 0. The molecule has 0 bridgehead atoms. The zero-order valence-electron chi connectivity index (χ0n) is 25.2. The Morgan fingerprint density at radius 1 is 1.00 bits per heavy atom. The van der Waals surface area contributed by atoms with E-state index in [0.717, 1.165) is 16.7 Å². The van der Waals surface area contributed by atoms with E-state index in [4.69, 9.17) is 27.9 Å². The lowest BCUT2D eigenvalue weighted by Crippen LogP contribution is -2.61. The van der Waals surface area contributed by atoms with Gasteiger partial charge in [0.05, 0.1) is 12.5 Å². The smallest absolute Gasteiger partial charge is 0.297 e. The van der Waals surface area contributed by atoms with Gasteiger partial charge in [-0.1, -0.05) is 53.7 Å². The average Bonchev–Trinajstić information content (AvgIpc) is 3.35. The summed E-state index contributed by atoms with van der Waals surface area (Å²) in [5.41, 5.74) is 2.52. The Labute approximate surface area is 238 Å². The summed E-state index contributed by atoms with van der Waals surface area (Å²) < 4.78 is 63.7. The van der Waals surface area contributed by atoms with Crippen molar-refractivity contribution in [2.45, 2.75) is 128 Å². The lowest BCUT2D eigenvalue weighted by Gasteiger charge is -2.39. The van der Waals surface area contributed by atoms with Crippen molar-refractivity contribution in [1.82, 2.24) is 5.32 Å². The number of nitrogens with one attached hydrogen (secondary N) is 1. The van der Waals surface area contributed by atoms with Gasteiger partial charge in [-0.05, 0) is 55.2 Å². The summed E-state index contributed by atoms with van der Waals surface area (Å²) in [6.45, 7) is 17.1. The number of hydrogen-bond acceptors (Lipinski definition) is 9. The summed E-state index contributed by atoms with van der Waals surface area (Å²) in [5, 5.41) is 2.71. The number of β-lactam (4-membered cyclic amide) rings is 1. The van der Waals surface area contributed by atoms with Crippen LogP contribution < -0.4 is 5.32 Å². The predicted molar refractivity (Wildman–Crippen MR) is 147 cm³/mol. The van der Waals surface area contributed by atoms with E-state index in [0.29, 0.717) is 0 Å². The Bertz CT molecular complexity index is 1170. The van der Waals surface area contributed by atoms with Crippen LogP contribution in [0, 0.1) is 5.92 Å². The molecule has 3 fully saturated rings. The van der Waals surface area contributed by atoms with Crippen molar-refractivity contribution in [2.75, 3.05) is 13.7 Å². The van der Waals surface area contributed by atoms with E-state index < -0.39 is 58.8 Å². The number of ether oxygens (including phenoxy) is 5. The molecule has 0 unspecified atom stereocenters. The van der Waals surface area contributed by atoms with Crippen molar-refractivity contribution >= 4 is 16.0 Å². The SMILES string of the molecule is CO[C@@H]1[C@H]2OC(C)(C)O[C@H]2O[C@@H]1[C@@H](COS(=O)(=O)c1c(C(C)C)cc(C(C)C)cc1C(C)C)O[C@@H]1NC(=O)[C@@H]1C. The van der Waals surface area contributed by atoms with E-state index >= 15 is 0 Å². The van der Waals surface area contributed by atoms with Crippen molar-refractivity contribution in [1.29, 1.82) is 0 Å². The zero-order chi connectivity index (χ0) is 29.7. The topological polar surface area (TPSA) is 119 Å². The predicted octanol–water partition coefficient (Wildman–Crippen LogP) is 4.13. The molecule has 0 radical (unpaired) electrons. The van der Waals surface area contributed by atoms with E-state index in [1.54, 1.807) is 20.8 Å². The monoisotopic (exact) mass is 583 g/mol. The van der Waals surface area contributed by atoms with Gasteiger partial charge in [0.2, 0.25) is 5.91 Å². The molecule has 3 heterocycles. The second kappa shape index (κ2) is 11.6. The molecule has 7 atom stereocenters. The van der Waals surface area contributed by atoms with E-state index in [1.807, 2.05) is 39.8 Å². The third-order valence-corrected chi connectivity index (χ3v) is 9.27. The number of fused-ring (bicyclic) bond motifs is 1. The van der Waals surface area contributed by atoms with Crippen molar-refractivity contribution in [2.24, 2.45) is 5.92 Å². The first-order valence-electron chi connectivity index (χ1n) is 14.1. The highest BCUT2D eigenvalue weighted by atomic mass is 32.2. The van der Waals surface area contributed by atoms with Gasteiger partial charge in [0.1, 0.15) is 35.5 Å². The third-order valence-electron chi connectivity index (χ3n) is 7.86. The molecule has 0 aliphatic carbocycles. The largest absolute Gasteiger partial charge is 0.376 e. The van der Waals surface area contributed by atoms with Gasteiger partial charge in [0, 0.05) is 7.11 Å². The second-order valence-corrected chi connectivity index (χ2v) is 13.9. The van der Waals surface area contributed by atoms with Gasteiger partial charge < -0.3 is 29.0 Å². The number of amides is 1. The molecule has 3 saturated heterocycles. The van der Waals surface area contributed by atoms with Crippen molar-refractivity contribution < 1.29 is 41.1 Å². The Balaban J connectivity index is 1.65. The molecule has 1 aromatic carbocycles. The van der Waals surface area contributed by atoms with Gasteiger partial charge in [-0.3, -0.25) is 8.98 Å². The molecule has 1 N–H and O–H groups in total. The average molecular weight is 584 g/mol. The summed E-state index contributed by atoms with van der Waals surface area (Å²) in [6.07, 6.45) is -4.17. The van der Waals surface area contributed by atoms with Gasteiger partial charge in [-0.2, -0.15) is 8.42 Å². The summed E-state index contributed by atoms with van der Waals surface area (Å²) in [6, 6.07) is 3.94. The quantitative estimate of drug-likeness (QED) is 0.303. The van der Waals surface area contributed by atoms with E-state index in [-0.39, 0.29) is 35.2 Å². The first kappa shape index (κ1) is 31.3. The Morgan fingerprint density at radius 3 is 2.08 bits per heavy atom. The standard InChI is InChI=1S/C29H45NO9S/c1-14(2)18-11-19(15(3)4)25(20(12-18)16(5)6)40(32,33)35-13-21(36-27-17(7)26(31)30-27)22-23(34-10)24-28(37-22)39-29(8,9)38-24/h11-12,14-17,21-24,27-28H,13H2,1-10H3,(H,30,31)/t17-,21+,22+,23-,24+,27-,28+/m0/s1. The van der Waals surface area contributed by atoms with E-state index in [9.17, 15) is 13.2 Å². The van der Waals surface area contributed by atoms with E-state index in [2.05, 4.69) is 19.2 Å². The molecular formula is C29H45NO9S. The first-order chi connectivity index (χ1) is 18.6. The van der Waals surface area contributed by atoms with Gasteiger partial charge in [0.25, 0.3) is 10.1 Å². The van der Waals surface area contributed by atoms with Gasteiger partial charge >= 0.3 is 0 Å². The van der Waals surface area contributed by atoms with Crippen LogP contribution in [0.25, 0.3) is 0 Å². The first-order valence-corrected chi connectivity index (χ1v) is 15.5. The number of rotatable bonds is 11. The van der Waals surface area contributed by atoms with Crippen LogP contribution >= 0.6 is 0 Å². The highest BCUT2D eigenvalue weighted by molar-refractivity contribution is 7.86. The lowest BCUT2D eigenvalue weighted by atomic mass is 9.89. The zero-order valence-corrected chi connectivity index (χ0v) is 26.0. The summed E-state index contributed by atoms with van der Waals surface area (Å²) in [4.78, 5) is 12.1. The van der Waals surface area contributed by atoms with Crippen LogP contribution in [0.2, 0.25) is 0 Å². The molecule has 3 aliphatic rings. The highest BCUT2D eigenvalue weighted by Gasteiger charge is 2.58. The molecule has 0 saturated carbocycles. The van der Waals surface area contributed by atoms with Crippen LogP contribution in [0.5, 0.6) is 0 Å². The normalized spacial score (nSPS) is 30.6. The van der Waals surface area contributed by atoms with E-state index in [1.165, 1.54) is 7.11 Å². The fourth-order valence-electron chi connectivity index (χ4n) is 5.46. The van der Waals surface area contributed by atoms with Gasteiger partial charge in [0.15, 0.2) is 12.1 Å². The molecule has 0 spiro atoms. The van der Waals surface area contributed by atoms with Crippen LogP contribution in [0.1, 0.15) is 96.8 Å². The summed E-state index contributed by atoms with van der Waals surface area (Å²) in [5.74, 6) is -1.26. The molecule has 0 aromatic heterocycles. The lowest BCUT2D eigenvalue weighted by molar-refractivity contribution is -0.241. The van der Waals surface area contributed by atoms with Crippen LogP contribution in [-0.2, 0) is 42.8 Å². The molecule has 3 aliphatic heterocycles. The molecule has 4 rings (SSSR count). The molecule has 10 nitrogen and oxygen atoms in total. The Hall–Kier alpha value is -1.60. The van der Waals surface area contributed by atoms with Gasteiger partial charge in [-0.25, -0.2) is 0 Å². The van der Waals surface area contributed by atoms with Crippen LogP contribution in [0.4, 0.5) is 0 Å². The number of carbonyl (C=O) groups excluding carboxylic acids is 1. The molecule has 1 amide bonds. The minimum absolute atomic E-state index is 0.0456. The number of benzene rings is 1. The highest BCUT2D eigenvalue weighted by Crippen LogP contribution is 2.41. The Morgan fingerprint density at radius 2 is 1.60 bits per heavy atom. The van der Waals surface area contributed by atoms with Gasteiger partial charge in [-0.15, -0.1) is 0 Å². The van der Waals surface area contributed by atoms with Crippen molar-refractivity contribution in [3.8, 4) is 0 Å². The minimum atomic E-state index is -4.22. The van der Waals surface area contributed by atoms with Crippen LogP contribution in [0.3, 0.4) is 0 Å². The molecule has 11 heteroatoms. The van der Waals surface area contributed by atoms with Crippen LogP contribution in [-0.4, -0.2) is 70.8 Å². The maximum atomic E-state index is 13.9. The maximum Gasteiger partial charge on any atom is 0.297 e. The third kappa shape index (κ3) is 6.11. The number of methoxy groups -OCH3 is 1. The molecule has 40 heavy (non-hydrogen) atoms. The minimum Gasteiger partial charge on any atom is -0.376 e. The molecular weight excluding hydrogens is 538 g/mol. The fourth-order valence-corrected chi connectivity index (χ4v) is 7.05. The molecule has 1 aromatic rings. The van der Waals surface area contributed by atoms with Crippen molar-refractivity contribution in [3.05, 3.63) is 28.8 Å². The second-order valence-electron chi connectivity index (χ2n) is 12.4. The van der Waals surface area contributed by atoms with Crippen LogP contribution in [0.15, 0.2) is 17.0 Å². The van der Waals surface area contributed by atoms with Crippen molar-refractivity contribution in [3.63, 3.8) is 0 Å². The number of hydrogen-bond donors (Lipinski definition) is 1. The summed E-state index contributed by atoms with van der Waals surface area (Å²) in [7, 11) is -2.69. The molecule has 226 valence electrons. The maximum absolute atomic E-state index is 13.9. The Kier molecular flexibility index (Phi) is 9.08.